The zero-order chi connectivity index (χ0) is 23.8. The summed E-state index contributed by atoms with van der Waals surface area (Å²) in [7, 11) is 0. The molecule has 7 atom stereocenters. The van der Waals surface area contributed by atoms with Crippen LogP contribution >= 0.6 is 11.8 Å². The van der Waals surface area contributed by atoms with Crippen molar-refractivity contribution in [3.63, 3.8) is 0 Å². The van der Waals surface area contributed by atoms with Crippen molar-refractivity contribution in [3.8, 4) is 0 Å². The standard InChI is InChI=1S/C20H27N7O6S/c21-17-14-18(23-7-22-17)27(8-24-14)19-16(30)15(29)10(33-19)5-32-12(28)4-2-1-3-11-13-9(6-34-11)25-20(31)26-13/h7-11,13,15-16,19,29-30H,1-6H2,(H2,21,22,23)(H2,25,26,31)/t9-,10?,11-,13-,15?,16?,19?/m0/s1. The number of rotatable bonds is 8. The number of ether oxygens (including phenoxy) is 2. The van der Waals surface area contributed by atoms with Gasteiger partial charge in [-0.2, -0.15) is 11.8 Å². The van der Waals surface area contributed by atoms with E-state index in [1.54, 1.807) is 0 Å². The molecule has 13 nitrogen and oxygen atoms in total. The van der Waals surface area contributed by atoms with Crippen LogP contribution in [0, 0.1) is 0 Å². The van der Waals surface area contributed by atoms with Gasteiger partial charge >= 0.3 is 12.0 Å². The highest BCUT2D eigenvalue weighted by molar-refractivity contribution is 8.00. The number of nitrogens with two attached hydrogens (primary N) is 1. The molecule has 0 spiro atoms. The summed E-state index contributed by atoms with van der Waals surface area (Å²) < 4.78 is 12.5. The summed E-state index contributed by atoms with van der Waals surface area (Å²) in [6, 6.07) is 0.237. The fraction of sp³-hybridized carbons (Fsp3) is 0.650. The fourth-order valence-corrected chi connectivity index (χ4v) is 6.20. The lowest BCUT2D eigenvalue weighted by Crippen LogP contribution is -2.36. The molecule has 3 aliphatic rings. The van der Waals surface area contributed by atoms with Crippen LogP contribution in [-0.2, 0) is 14.3 Å². The van der Waals surface area contributed by atoms with E-state index in [0.717, 1.165) is 18.6 Å². The third-order valence-electron chi connectivity index (χ3n) is 6.46. The van der Waals surface area contributed by atoms with Crippen LogP contribution in [0.4, 0.5) is 10.6 Å². The van der Waals surface area contributed by atoms with Gasteiger partial charge in [0.25, 0.3) is 0 Å². The first kappa shape index (κ1) is 23.1. The lowest BCUT2D eigenvalue weighted by molar-refractivity contribution is -0.150. The van der Waals surface area contributed by atoms with Crippen LogP contribution in [0.2, 0.25) is 0 Å². The molecule has 184 valence electrons. The molecule has 2 aromatic rings. The minimum absolute atomic E-state index is 0.105. The Hall–Kier alpha value is -2.68. The SMILES string of the molecule is Nc1ncnc2c1ncn2C1OC(COC(=O)CCCC[C@@H]2SC[C@@H]3NC(=O)N[C@@H]32)C(O)C1O. The van der Waals surface area contributed by atoms with Gasteiger partial charge in [-0.3, -0.25) is 9.36 Å². The van der Waals surface area contributed by atoms with Crippen molar-refractivity contribution >= 4 is 40.7 Å². The predicted octanol–water partition coefficient (Wildman–Crippen LogP) is -0.703. The highest BCUT2D eigenvalue weighted by Gasteiger charge is 2.45. The van der Waals surface area contributed by atoms with E-state index < -0.39 is 30.5 Å². The molecule has 3 saturated heterocycles. The molecule has 6 N–H and O–H groups in total. The average molecular weight is 494 g/mol. The van der Waals surface area contributed by atoms with Crippen molar-refractivity contribution < 1.29 is 29.3 Å². The number of aliphatic hydroxyl groups is 2. The second kappa shape index (κ2) is 9.52. The summed E-state index contributed by atoms with van der Waals surface area (Å²) in [4.78, 5) is 35.8. The van der Waals surface area contributed by atoms with Gasteiger partial charge in [-0.1, -0.05) is 6.42 Å². The molecular formula is C20H27N7O6S. The summed E-state index contributed by atoms with van der Waals surface area (Å²) in [5.74, 6) is 0.704. The van der Waals surface area contributed by atoms with Crippen molar-refractivity contribution in [1.82, 2.24) is 30.2 Å². The van der Waals surface area contributed by atoms with E-state index in [9.17, 15) is 19.8 Å². The molecule has 2 amide bonds. The number of amides is 2. The van der Waals surface area contributed by atoms with Crippen LogP contribution in [0.3, 0.4) is 0 Å². The monoisotopic (exact) mass is 493 g/mol. The molecule has 0 aliphatic carbocycles. The average Bonchev–Trinajstić information content (AvgIpc) is 3.56. The number of anilines is 1. The molecule has 34 heavy (non-hydrogen) atoms. The van der Waals surface area contributed by atoms with E-state index in [1.807, 2.05) is 11.8 Å². The number of carbonyl (C=O) groups is 2. The smallest absolute Gasteiger partial charge is 0.315 e. The molecule has 0 bridgehead atoms. The van der Waals surface area contributed by atoms with E-state index >= 15 is 0 Å². The Bertz CT molecular complexity index is 1070. The number of aromatic nitrogens is 4. The van der Waals surface area contributed by atoms with Crippen LogP contribution in [0.25, 0.3) is 11.2 Å². The summed E-state index contributed by atoms with van der Waals surface area (Å²) in [5, 5.41) is 27.1. The number of imidazole rings is 1. The fourth-order valence-electron chi connectivity index (χ4n) is 4.66. The van der Waals surface area contributed by atoms with Crippen LogP contribution in [-0.4, -0.2) is 89.7 Å². The zero-order valence-corrected chi connectivity index (χ0v) is 19.1. The Morgan fingerprint density at radius 3 is 2.97 bits per heavy atom. The second-order valence-corrected chi connectivity index (χ2v) is 9.95. The van der Waals surface area contributed by atoms with Gasteiger partial charge in [0.2, 0.25) is 0 Å². The third-order valence-corrected chi connectivity index (χ3v) is 7.97. The van der Waals surface area contributed by atoms with E-state index in [-0.39, 0.29) is 37.0 Å². The van der Waals surface area contributed by atoms with Crippen molar-refractivity contribution in [2.75, 3.05) is 18.1 Å². The van der Waals surface area contributed by atoms with Crippen molar-refractivity contribution in [2.24, 2.45) is 0 Å². The number of carbonyl (C=O) groups excluding carboxylic acids is 2. The molecule has 5 heterocycles. The number of hydrogen-bond donors (Lipinski definition) is 5. The number of fused-ring (bicyclic) bond motifs is 2. The van der Waals surface area contributed by atoms with Gasteiger partial charge in [-0.25, -0.2) is 19.7 Å². The number of hydrogen-bond acceptors (Lipinski definition) is 11. The second-order valence-electron chi connectivity index (χ2n) is 8.68. The minimum atomic E-state index is -1.27. The molecule has 0 aromatic carbocycles. The van der Waals surface area contributed by atoms with E-state index in [0.29, 0.717) is 22.8 Å². The lowest BCUT2D eigenvalue weighted by atomic mass is 10.0. The quantitative estimate of drug-likeness (QED) is 0.178. The number of unbranched alkanes of at least 4 members (excludes halogenated alkanes) is 1. The van der Waals surface area contributed by atoms with Crippen LogP contribution < -0.4 is 16.4 Å². The van der Waals surface area contributed by atoms with Gasteiger partial charge in [0, 0.05) is 17.4 Å². The van der Waals surface area contributed by atoms with Gasteiger partial charge in [-0.05, 0) is 12.8 Å². The van der Waals surface area contributed by atoms with Crippen LogP contribution in [0.15, 0.2) is 12.7 Å². The number of esters is 1. The van der Waals surface area contributed by atoms with E-state index in [2.05, 4.69) is 25.6 Å². The Kier molecular flexibility index (Phi) is 6.46. The van der Waals surface area contributed by atoms with E-state index in [4.69, 9.17) is 15.2 Å². The summed E-state index contributed by atoms with van der Waals surface area (Å²) in [5.41, 5.74) is 6.52. The molecule has 0 radical (unpaired) electrons. The normalized spacial score (nSPS) is 32.5. The Morgan fingerprint density at radius 2 is 2.12 bits per heavy atom. The van der Waals surface area contributed by atoms with Gasteiger partial charge < -0.3 is 36.1 Å². The van der Waals surface area contributed by atoms with Crippen molar-refractivity contribution in [2.45, 2.75) is 67.6 Å². The maximum absolute atomic E-state index is 12.2. The van der Waals surface area contributed by atoms with Crippen molar-refractivity contribution in [3.05, 3.63) is 12.7 Å². The Morgan fingerprint density at radius 1 is 1.26 bits per heavy atom. The third kappa shape index (κ3) is 4.37. The summed E-state index contributed by atoms with van der Waals surface area (Å²) in [6.07, 6.45) is 0.957. The number of nitrogen functional groups attached to an aromatic ring is 1. The summed E-state index contributed by atoms with van der Waals surface area (Å²) in [6.45, 7) is -0.183. The van der Waals surface area contributed by atoms with Gasteiger partial charge in [0.15, 0.2) is 17.7 Å². The van der Waals surface area contributed by atoms with Crippen LogP contribution in [0.1, 0.15) is 31.9 Å². The molecule has 0 saturated carbocycles. The number of urea groups is 1. The number of nitrogens with zero attached hydrogens (tertiary/aromatic N) is 4. The number of thioether (sulfide) groups is 1. The largest absolute Gasteiger partial charge is 0.463 e. The van der Waals surface area contributed by atoms with E-state index in [1.165, 1.54) is 17.2 Å². The number of aliphatic hydroxyl groups excluding tert-OH is 2. The van der Waals surface area contributed by atoms with Gasteiger partial charge in [-0.15, -0.1) is 0 Å². The van der Waals surface area contributed by atoms with Gasteiger partial charge in [0.05, 0.1) is 18.4 Å². The lowest BCUT2D eigenvalue weighted by Gasteiger charge is -2.17. The predicted molar refractivity (Wildman–Crippen MR) is 121 cm³/mol. The molecule has 3 fully saturated rings. The van der Waals surface area contributed by atoms with Gasteiger partial charge in [0.1, 0.15) is 36.8 Å². The molecular weight excluding hydrogens is 466 g/mol. The molecule has 2 aromatic heterocycles. The first-order chi connectivity index (χ1) is 16.4. The maximum Gasteiger partial charge on any atom is 0.315 e. The molecule has 3 aliphatic heterocycles. The molecule has 5 rings (SSSR count). The Labute approximate surface area is 198 Å². The first-order valence-corrected chi connectivity index (χ1v) is 12.3. The topological polar surface area (TPSA) is 187 Å². The highest BCUT2D eigenvalue weighted by Crippen LogP contribution is 2.34. The first-order valence-electron chi connectivity index (χ1n) is 11.2. The maximum atomic E-state index is 12.2. The minimum Gasteiger partial charge on any atom is -0.463 e. The summed E-state index contributed by atoms with van der Waals surface area (Å²) >= 11 is 1.84. The molecule has 14 heteroatoms. The Balaban J connectivity index is 1.07. The van der Waals surface area contributed by atoms with Crippen molar-refractivity contribution in [1.29, 1.82) is 0 Å². The number of nitrogens with one attached hydrogen (secondary N) is 2. The highest BCUT2D eigenvalue weighted by atomic mass is 32.2. The molecule has 4 unspecified atom stereocenters. The zero-order valence-electron chi connectivity index (χ0n) is 18.2. The van der Waals surface area contributed by atoms with Crippen LogP contribution in [0.5, 0.6) is 0 Å².